The number of benzene rings is 2. The summed E-state index contributed by atoms with van der Waals surface area (Å²) in [5.74, 6) is -0.226. The number of carbonyl (C=O) groups is 1. The van der Waals surface area contributed by atoms with Crippen molar-refractivity contribution < 1.29 is 18.7 Å². The number of hydrogen-bond donors (Lipinski definition) is 1. The van der Waals surface area contributed by atoms with Gasteiger partial charge in [0.15, 0.2) is 0 Å². The largest absolute Gasteiger partial charge is 0.497 e. The maximum Gasteiger partial charge on any atom is 0.258 e. The molecule has 2 rings (SSSR count). The minimum Gasteiger partial charge on any atom is -0.497 e. The lowest BCUT2D eigenvalue weighted by molar-refractivity contribution is 0.102. The number of hydrogen-bond acceptors (Lipinski definition) is 3. The second kappa shape index (κ2) is 7.63. The molecular weight excluding hydrogens is 297 g/mol. The third-order valence-corrected chi connectivity index (χ3v) is 3.27. The van der Waals surface area contributed by atoms with Crippen LogP contribution in [-0.4, -0.2) is 19.6 Å². The van der Waals surface area contributed by atoms with Crippen LogP contribution in [0.25, 0.3) is 0 Å². The van der Waals surface area contributed by atoms with Gasteiger partial charge < -0.3 is 14.8 Å². The summed E-state index contributed by atoms with van der Waals surface area (Å²) in [6, 6.07) is 9.57. The molecule has 4 nitrogen and oxygen atoms in total. The van der Waals surface area contributed by atoms with E-state index in [9.17, 15) is 9.18 Å². The molecule has 0 heterocycles. The Bertz CT molecular complexity index is 701. The molecule has 0 unspecified atom stereocenters. The molecule has 5 heteroatoms. The van der Waals surface area contributed by atoms with Gasteiger partial charge >= 0.3 is 0 Å². The second-order valence-electron chi connectivity index (χ2n) is 5.15. The Hall–Kier alpha value is -2.56. The van der Waals surface area contributed by atoms with E-state index in [1.54, 1.807) is 12.1 Å². The van der Waals surface area contributed by atoms with Crippen LogP contribution in [0.1, 0.15) is 29.3 Å². The third kappa shape index (κ3) is 4.22. The third-order valence-electron chi connectivity index (χ3n) is 3.27. The van der Waals surface area contributed by atoms with Crippen LogP contribution in [0.15, 0.2) is 36.4 Å². The summed E-state index contributed by atoms with van der Waals surface area (Å²) >= 11 is 0. The van der Waals surface area contributed by atoms with Gasteiger partial charge in [0.1, 0.15) is 17.3 Å². The van der Waals surface area contributed by atoms with E-state index >= 15 is 0 Å². The van der Waals surface area contributed by atoms with Crippen molar-refractivity contribution >= 4 is 11.6 Å². The summed E-state index contributed by atoms with van der Waals surface area (Å²) in [5, 5.41) is 2.70. The van der Waals surface area contributed by atoms with E-state index in [1.807, 2.05) is 26.0 Å². The fourth-order valence-corrected chi connectivity index (χ4v) is 2.06. The van der Waals surface area contributed by atoms with Gasteiger partial charge in [-0.05, 0) is 43.2 Å². The number of ether oxygens (including phenoxy) is 2. The summed E-state index contributed by atoms with van der Waals surface area (Å²) in [5.41, 5.74) is 1.49. The van der Waals surface area contributed by atoms with E-state index in [1.165, 1.54) is 19.2 Å². The summed E-state index contributed by atoms with van der Waals surface area (Å²) in [4.78, 5) is 12.3. The molecular formula is C18H20FNO3. The minimum absolute atomic E-state index is 0.0483. The standard InChI is InChI=1S/C18H20FNO3/c1-4-9-23-17-10-12(2)5-8-16(17)20-18(21)14-7-6-13(22-3)11-15(14)19/h5-8,10-11H,4,9H2,1-3H3,(H,20,21). The molecule has 0 spiro atoms. The first-order chi connectivity index (χ1) is 11.0. The molecule has 0 atom stereocenters. The van der Waals surface area contributed by atoms with Crippen molar-refractivity contribution in [2.75, 3.05) is 19.0 Å². The first-order valence-corrected chi connectivity index (χ1v) is 7.43. The molecule has 0 fully saturated rings. The van der Waals surface area contributed by atoms with Crippen molar-refractivity contribution in [3.8, 4) is 11.5 Å². The van der Waals surface area contributed by atoms with Crippen molar-refractivity contribution in [3.63, 3.8) is 0 Å². The maximum absolute atomic E-state index is 14.0. The molecule has 122 valence electrons. The highest BCUT2D eigenvalue weighted by Gasteiger charge is 2.15. The topological polar surface area (TPSA) is 47.6 Å². The average molecular weight is 317 g/mol. The summed E-state index contributed by atoms with van der Waals surface area (Å²) in [7, 11) is 1.44. The molecule has 1 amide bonds. The molecule has 0 aliphatic heterocycles. The van der Waals surface area contributed by atoms with Crippen LogP contribution in [0.3, 0.4) is 0 Å². The van der Waals surface area contributed by atoms with Crippen LogP contribution in [0.2, 0.25) is 0 Å². The number of rotatable bonds is 6. The van der Waals surface area contributed by atoms with Crippen molar-refractivity contribution in [1.82, 2.24) is 0 Å². The predicted octanol–water partition coefficient (Wildman–Crippen LogP) is 4.18. The van der Waals surface area contributed by atoms with Gasteiger partial charge in [0.05, 0.1) is 25.0 Å². The Labute approximate surface area is 135 Å². The smallest absolute Gasteiger partial charge is 0.258 e. The van der Waals surface area contributed by atoms with Gasteiger partial charge in [0, 0.05) is 6.07 Å². The number of nitrogens with one attached hydrogen (secondary N) is 1. The number of carbonyl (C=O) groups excluding carboxylic acids is 1. The molecule has 0 aliphatic rings. The van der Waals surface area contributed by atoms with Gasteiger partial charge in [0.25, 0.3) is 5.91 Å². The highest BCUT2D eigenvalue weighted by atomic mass is 19.1. The van der Waals surface area contributed by atoms with Crippen molar-refractivity contribution in [3.05, 3.63) is 53.3 Å². The van der Waals surface area contributed by atoms with Gasteiger partial charge in [-0.15, -0.1) is 0 Å². The summed E-state index contributed by atoms with van der Waals surface area (Å²) < 4.78 is 24.6. The van der Waals surface area contributed by atoms with Crippen LogP contribution >= 0.6 is 0 Å². The molecule has 0 radical (unpaired) electrons. The minimum atomic E-state index is -0.634. The Balaban J connectivity index is 2.23. The molecule has 0 saturated carbocycles. The Morgan fingerprint density at radius 2 is 2.00 bits per heavy atom. The average Bonchev–Trinajstić information content (AvgIpc) is 2.54. The Kier molecular flexibility index (Phi) is 5.57. The van der Waals surface area contributed by atoms with E-state index in [4.69, 9.17) is 9.47 Å². The zero-order chi connectivity index (χ0) is 16.8. The predicted molar refractivity (Wildman–Crippen MR) is 87.9 cm³/mol. The van der Waals surface area contributed by atoms with E-state index in [2.05, 4.69) is 5.32 Å². The van der Waals surface area contributed by atoms with E-state index in [0.29, 0.717) is 23.8 Å². The second-order valence-corrected chi connectivity index (χ2v) is 5.15. The molecule has 1 N–H and O–H groups in total. The van der Waals surface area contributed by atoms with Crippen molar-refractivity contribution in [2.24, 2.45) is 0 Å². The van der Waals surface area contributed by atoms with E-state index in [-0.39, 0.29) is 5.56 Å². The van der Waals surface area contributed by atoms with Gasteiger partial charge in [-0.2, -0.15) is 0 Å². The van der Waals surface area contributed by atoms with Gasteiger partial charge in [-0.3, -0.25) is 4.79 Å². The van der Waals surface area contributed by atoms with E-state index in [0.717, 1.165) is 12.0 Å². The number of methoxy groups -OCH3 is 1. The first-order valence-electron chi connectivity index (χ1n) is 7.43. The van der Waals surface area contributed by atoms with Gasteiger partial charge in [-0.1, -0.05) is 13.0 Å². The number of anilines is 1. The summed E-state index contributed by atoms with van der Waals surface area (Å²) in [6.45, 7) is 4.48. The van der Waals surface area contributed by atoms with Crippen LogP contribution in [0.5, 0.6) is 11.5 Å². The van der Waals surface area contributed by atoms with Crippen molar-refractivity contribution in [2.45, 2.75) is 20.3 Å². The lowest BCUT2D eigenvalue weighted by Crippen LogP contribution is -2.15. The molecule has 0 aromatic heterocycles. The molecule has 2 aromatic carbocycles. The lowest BCUT2D eigenvalue weighted by Gasteiger charge is -2.13. The highest BCUT2D eigenvalue weighted by molar-refractivity contribution is 6.05. The zero-order valence-corrected chi connectivity index (χ0v) is 13.5. The Morgan fingerprint density at radius 3 is 2.65 bits per heavy atom. The number of aryl methyl sites for hydroxylation is 1. The zero-order valence-electron chi connectivity index (χ0n) is 13.5. The van der Waals surface area contributed by atoms with Crippen LogP contribution in [0, 0.1) is 12.7 Å². The highest BCUT2D eigenvalue weighted by Crippen LogP contribution is 2.27. The fourth-order valence-electron chi connectivity index (χ4n) is 2.06. The number of amides is 1. The Morgan fingerprint density at radius 1 is 1.22 bits per heavy atom. The number of halogens is 1. The molecule has 0 saturated heterocycles. The van der Waals surface area contributed by atoms with Gasteiger partial charge in [0.2, 0.25) is 0 Å². The normalized spacial score (nSPS) is 10.3. The van der Waals surface area contributed by atoms with Crippen LogP contribution in [-0.2, 0) is 0 Å². The van der Waals surface area contributed by atoms with Gasteiger partial charge in [-0.25, -0.2) is 4.39 Å². The summed E-state index contributed by atoms with van der Waals surface area (Å²) in [6.07, 6.45) is 0.856. The SMILES string of the molecule is CCCOc1cc(C)ccc1NC(=O)c1ccc(OC)cc1F. The van der Waals surface area contributed by atoms with Crippen LogP contribution < -0.4 is 14.8 Å². The van der Waals surface area contributed by atoms with Crippen molar-refractivity contribution in [1.29, 1.82) is 0 Å². The molecule has 0 bridgehead atoms. The molecule has 0 aliphatic carbocycles. The maximum atomic E-state index is 14.0. The molecule has 23 heavy (non-hydrogen) atoms. The van der Waals surface area contributed by atoms with Crippen LogP contribution in [0.4, 0.5) is 10.1 Å². The molecule has 2 aromatic rings. The lowest BCUT2D eigenvalue weighted by atomic mass is 10.1. The fraction of sp³-hybridized carbons (Fsp3) is 0.278. The van der Waals surface area contributed by atoms with E-state index < -0.39 is 11.7 Å². The first kappa shape index (κ1) is 16.8. The monoisotopic (exact) mass is 317 g/mol. The quantitative estimate of drug-likeness (QED) is 0.869.